The highest BCUT2D eigenvalue weighted by atomic mass is 16.5. The van der Waals surface area contributed by atoms with Gasteiger partial charge in [0, 0.05) is 12.0 Å². The lowest BCUT2D eigenvalue weighted by Crippen LogP contribution is -2.44. The summed E-state index contributed by atoms with van der Waals surface area (Å²) in [5.74, 6) is -0.0656. The summed E-state index contributed by atoms with van der Waals surface area (Å²) in [6.45, 7) is 3.96. The Bertz CT molecular complexity index is 1000. The molecule has 0 aliphatic carbocycles. The van der Waals surface area contributed by atoms with Gasteiger partial charge in [-0.05, 0) is 30.5 Å². The number of hydrogen-bond donors (Lipinski definition) is 2. The van der Waals surface area contributed by atoms with E-state index in [0.29, 0.717) is 18.6 Å². The minimum atomic E-state index is -1.19. The molecule has 4 rings (SSSR count). The summed E-state index contributed by atoms with van der Waals surface area (Å²) < 4.78 is 5.62. The maximum atomic E-state index is 13.1. The first-order valence-corrected chi connectivity index (χ1v) is 10.7. The van der Waals surface area contributed by atoms with E-state index in [4.69, 9.17) is 4.74 Å². The van der Waals surface area contributed by atoms with Crippen molar-refractivity contribution >= 4 is 17.8 Å². The summed E-state index contributed by atoms with van der Waals surface area (Å²) in [6, 6.07) is 14.4. The van der Waals surface area contributed by atoms with E-state index in [-0.39, 0.29) is 18.5 Å². The van der Waals surface area contributed by atoms with Gasteiger partial charge in [0.25, 0.3) is 5.91 Å². The van der Waals surface area contributed by atoms with Crippen LogP contribution in [0.2, 0.25) is 0 Å². The fourth-order valence-corrected chi connectivity index (χ4v) is 4.21. The highest BCUT2D eigenvalue weighted by Gasteiger charge is 2.49. The molecule has 2 aliphatic heterocycles. The Kier molecular flexibility index (Phi) is 5.67. The van der Waals surface area contributed by atoms with Gasteiger partial charge in [-0.25, -0.2) is 4.79 Å². The maximum Gasteiger partial charge on any atom is 0.325 e. The van der Waals surface area contributed by atoms with Gasteiger partial charge in [-0.1, -0.05) is 55.8 Å². The van der Waals surface area contributed by atoms with E-state index in [2.05, 4.69) is 17.6 Å². The van der Waals surface area contributed by atoms with Crippen LogP contribution in [0.3, 0.4) is 0 Å². The second-order valence-corrected chi connectivity index (χ2v) is 8.19. The fraction of sp³-hybridized carbons (Fsp3) is 0.375. The second-order valence-electron chi connectivity index (χ2n) is 8.19. The molecule has 2 N–H and O–H groups in total. The van der Waals surface area contributed by atoms with E-state index in [1.807, 2.05) is 48.5 Å². The Hall–Kier alpha value is -3.35. The van der Waals surface area contributed by atoms with Crippen molar-refractivity contribution in [1.82, 2.24) is 15.5 Å². The van der Waals surface area contributed by atoms with Gasteiger partial charge in [0.2, 0.25) is 5.91 Å². The van der Waals surface area contributed by atoms with Crippen LogP contribution in [0.4, 0.5) is 4.79 Å². The molecule has 7 heteroatoms. The van der Waals surface area contributed by atoms with Crippen molar-refractivity contribution in [1.29, 1.82) is 0 Å². The highest BCUT2D eigenvalue weighted by Crippen LogP contribution is 2.32. The van der Waals surface area contributed by atoms with Gasteiger partial charge >= 0.3 is 6.03 Å². The number of aryl methyl sites for hydroxylation is 1. The molecule has 1 fully saturated rings. The number of para-hydroxylation sites is 1. The van der Waals surface area contributed by atoms with Gasteiger partial charge in [-0.2, -0.15) is 0 Å². The highest BCUT2D eigenvalue weighted by molar-refractivity contribution is 6.09. The number of carbonyl (C=O) groups is 3. The van der Waals surface area contributed by atoms with Crippen LogP contribution in [0.1, 0.15) is 49.4 Å². The number of nitrogens with zero attached hydrogens (tertiary/aromatic N) is 1. The minimum absolute atomic E-state index is 0.212. The summed E-state index contributed by atoms with van der Waals surface area (Å²) in [4.78, 5) is 39.4. The number of amides is 4. The van der Waals surface area contributed by atoms with Gasteiger partial charge in [-0.15, -0.1) is 0 Å². The molecule has 0 radical (unpaired) electrons. The number of carbonyl (C=O) groups excluding carboxylic acids is 3. The van der Waals surface area contributed by atoms with Crippen LogP contribution in [0.25, 0.3) is 0 Å². The molecule has 0 aromatic heterocycles. The number of imide groups is 1. The van der Waals surface area contributed by atoms with Gasteiger partial charge in [0.1, 0.15) is 17.8 Å². The quantitative estimate of drug-likeness (QED) is 0.702. The van der Waals surface area contributed by atoms with Gasteiger partial charge in [0.15, 0.2) is 0 Å². The van der Waals surface area contributed by atoms with Gasteiger partial charge in [-0.3, -0.25) is 14.5 Å². The minimum Gasteiger partial charge on any atom is -0.493 e. The number of ether oxygens (including phenoxy) is 1. The molecule has 0 saturated carbocycles. The number of benzene rings is 2. The number of hydrogen-bond acceptors (Lipinski definition) is 4. The van der Waals surface area contributed by atoms with E-state index in [9.17, 15) is 14.4 Å². The summed E-state index contributed by atoms with van der Waals surface area (Å²) in [5.41, 5.74) is 1.59. The lowest BCUT2D eigenvalue weighted by Gasteiger charge is -2.27. The van der Waals surface area contributed by atoms with Crippen LogP contribution >= 0.6 is 0 Å². The number of fused-ring (bicyclic) bond motifs is 1. The van der Waals surface area contributed by atoms with Crippen LogP contribution in [-0.4, -0.2) is 35.9 Å². The molecule has 1 saturated heterocycles. The standard InChI is InChI=1S/C24H27N3O4/c1-3-6-16-9-11-17(12-10-16)24(2)22(29)27(23(30)26-24)15-21(28)25-19-13-14-31-20-8-5-4-7-18(19)20/h4-5,7-12,19H,3,6,13-15H2,1-2H3,(H,25,28)(H,26,30). The third-order valence-corrected chi connectivity index (χ3v) is 5.94. The van der Waals surface area contributed by atoms with Crippen molar-refractivity contribution < 1.29 is 19.1 Å². The zero-order valence-electron chi connectivity index (χ0n) is 17.8. The van der Waals surface area contributed by atoms with Crippen molar-refractivity contribution in [3.05, 3.63) is 65.2 Å². The molecular weight excluding hydrogens is 394 g/mol. The predicted molar refractivity (Wildman–Crippen MR) is 115 cm³/mol. The van der Waals surface area contributed by atoms with Crippen LogP contribution in [-0.2, 0) is 21.5 Å². The van der Waals surface area contributed by atoms with Gasteiger partial charge in [0.05, 0.1) is 12.6 Å². The zero-order chi connectivity index (χ0) is 22.0. The van der Waals surface area contributed by atoms with E-state index in [1.54, 1.807) is 6.92 Å². The summed E-state index contributed by atoms with van der Waals surface area (Å²) in [5, 5.41) is 5.70. The van der Waals surface area contributed by atoms with Crippen molar-refractivity contribution in [3.8, 4) is 5.75 Å². The Balaban J connectivity index is 1.45. The first-order chi connectivity index (χ1) is 14.9. The first kappa shape index (κ1) is 20.9. The van der Waals surface area contributed by atoms with Crippen molar-refractivity contribution in [3.63, 3.8) is 0 Å². The molecule has 162 valence electrons. The lowest BCUT2D eigenvalue weighted by molar-refractivity contribution is -0.135. The van der Waals surface area contributed by atoms with E-state index >= 15 is 0 Å². The molecule has 2 aromatic rings. The molecule has 2 heterocycles. The average molecular weight is 421 g/mol. The fourth-order valence-electron chi connectivity index (χ4n) is 4.21. The van der Waals surface area contributed by atoms with Crippen molar-refractivity contribution in [2.75, 3.05) is 13.2 Å². The molecule has 2 unspecified atom stereocenters. The molecule has 31 heavy (non-hydrogen) atoms. The van der Waals surface area contributed by atoms with E-state index < -0.39 is 17.5 Å². The number of rotatable bonds is 6. The van der Waals surface area contributed by atoms with Crippen molar-refractivity contribution in [2.45, 2.75) is 44.7 Å². The molecule has 4 amide bonds. The van der Waals surface area contributed by atoms with Gasteiger partial charge < -0.3 is 15.4 Å². The number of urea groups is 1. The summed E-state index contributed by atoms with van der Waals surface area (Å²) in [6.07, 6.45) is 2.62. The summed E-state index contributed by atoms with van der Waals surface area (Å²) >= 11 is 0. The monoisotopic (exact) mass is 421 g/mol. The molecule has 2 aromatic carbocycles. The SMILES string of the molecule is CCCc1ccc(C2(C)NC(=O)N(CC(=O)NC3CCOc4ccccc43)C2=O)cc1. The second kappa shape index (κ2) is 8.41. The average Bonchev–Trinajstić information content (AvgIpc) is 2.98. The third-order valence-electron chi connectivity index (χ3n) is 5.94. The molecule has 2 atom stereocenters. The predicted octanol–water partition coefficient (Wildman–Crippen LogP) is 3.05. The maximum absolute atomic E-state index is 13.1. The Morgan fingerprint density at radius 3 is 2.68 bits per heavy atom. The molecule has 0 bridgehead atoms. The van der Waals surface area contributed by atoms with Crippen LogP contribution in [0.5, 0.6) is 5.75 Å². The first-order valence-electron chi connectivity index (χ1n) is 10.7. The third kappa shape index (κ3) is 4.00. The van der Waals surface area contributed by atoms with Crippen LogP contribution in [0, 0.1) is 0 Å². The Morgan fingerprint density at radius 1 is 1.19 bits per heavy atom. The normalized spacial score (nSPS) is 22.5. The topological polar surface area (TPSA) is 87.7 Å². The number of nitrogens with one attached hydrogen (secondary N) is 2. The molecule has 7 nitrogen and oxygen atoms in total. The van der Waals surface area contributed by atoms with E-state index in [1.165, 1.54) is 5.56 Å². The summed E-state index contributed by atoms with van der Waals surface area (Å²) in [7, 11) is 0. The van der Waals surface area contributed by atoms with E-state index in [0.717, 1.165) is 29.1 Å². The lowest BCUT2D eigenvalue weighted by atomic mass is 9.91. The van der Waals surface area contributed by atoms with Crippen LogP contribution < -0.4 is 15.4 Å². The molecular formula is C24H27N3O4. The van der Waals surface area contributed by atoms with Crippen molar-refractivity contribution in [2.24, 2.45) is 0 Å². The molecule has 0 spiro atoms. The Labute approximate surface area is 181 Å². The Morgan fingerprint density at radius 2 is 1.94 bits per heavy atom. The molecule has 2 aliphatic rings. The zero-order valence-corrected chi connectivity index (χ0v) is 17.8. The smallest absolute Gasteiger partial charge is 0.325 e. The largest absolute Gasteiger partial charge is 0.493 e. The van der Waals surface area contributed by atoms with Crippen LogP contribution in [0.15, 0.2) is 48.5 Å².